The quantitative estimate of drug-likeness (QED) is 0.848. The summed E-state index contributed by atoms with van der Waals surface area (Å²) in [6.45, 7) is 7.03. The van der Waals surface area contributed by atoms with Crippen LogP contribution in [0.25, 0.3) is 0 Å². The Morgan fingerprint density at radius 2 is 2.25 bits per heavy atom. The summed E-state index contributed by atoms with van der Waals surface area (Å²) in [4.78, 5) is 21.8. The highest BCUT2D eigenvalue weighted by Crippen LogP contribution is 2.20. The Hall–Kier alpha value is -1.56. The molecule has 0 bridgehead atoms. The van der Waals surface area contributed by atoms with Crippen molar-refractivity contribution in [3.63, 3.8) is 0 Å². The Bertz CT molecular complexity index is 490. The fourth-order valence-electron chi connectivity index (χ4n) is 2.06. The van der Waals surface area contributed by atoms with E-state index in [0.717, 1.165) is 18.8 Å². The molecule has 20 heavy (non-hydrogen) atoms. The molecule has 1 aliphatic heterocycles. The van der Waals surface area contributed by atoms with Crippen molar-refractivity contribution in [3.8, 4) is 0 Å². The fourth-order valence-corrected chi connectivity index (χ4v) is 2.20. The van der Waals surface area contributed by atoms with E-state index in [1.807, 2.05) is 20.8 Å². The van der Waals surface area contributed by atoms with Gasteiger partial charge >= 0.3 is 6.09 Å². The molecule has 2 heterocycles. The van der Waals surface area contributed by atoms with E-state index in [-0.39, 0.29) is 12.1 Å². The van der Waals surface area contributed by atoms with Crippen molar-refractivity contribution >= 4 is 23.5 Å². The van der Waals surface area contributed by atoms with Gasteiger partial charge in [-0.25, -0.2) is 14.8 Å². The topological polar surface area (TPSA) is 67.3 Å². The molecule has 1 aromatic heterocycles. The lowest BCUT2D eigenvalue weighted by atomic mass is 10.2. The van der Waals surface area contributed by atoms with Crippen molar-refractivity contribution in [3.05, 3.63) is 17.5 Å². The number of hydrogen-bond acceptors (Lipinski definition) is 5. The van der Waals surface area contributed by atoms with Gasteiger partial charge in [0.2, 0.25) is 0 Å². The number of hydrogen-bond donors (Lipinski definition) is 1. The van der Waals surface area contributed by atoms with Gasteiger partial charge in [0.25, 0.3) is 0 Å². The number of aromatic nitrogens is 2. The highest BCUT2D eigenvalue weighted by molar-refractivity contribution is 6.29. The van der Waals surface area contributed by atoms with Gasteiger partial charge in [-0.15, -0.1) is 0 Å². The van der Waals surface area contributed by atoms with Gasteiger partial charge in [0, 0.05) is 19.2 Å². The number of ether oxygens (including phenoxy) is 1. The second-order valence-electron chi connectivity index (χ2n) is 5.78. The Kier molecular flexibility index (Phi) is 4.32. The van der Waals surface area contributed by atoms with E-state index in [1.165, 1.54) is 6.33 Å². The number of carbonyl (C=O) groups is 1. The van der Waals surface area contributed by atoms with Gasteiger partial charge in [0.05, 0.1) is 6.04 Å². The largest absolute Gasteiger partial charge is 0.444 e. The summed E-state index contributed by atoms with van der Waals surface area (Å²) in [6.07, 6.45) is 1.90. The molecule has 2 rings (SSSR count). The first-order valence-electron chi connectivity index (χ1n) is 6.55. The average molecular weight is 299 g/mol. The fraction of sp³-hybridized carbons (Fsp3) is 0.615. The molecule has 1 atom stereocenters. The summed E-state index contributed by atoms with van der Waals surface area (Å²) >= 11 is 5.85. The molecule has 1 aromatic rings. The van der Waals surface area contributed by atoms with Crippen molar-refractivity contribution in [2.75, 3.05) is 18.0 Å². The maximum Gasteiger partial charge on any atom is 0.407 e. The van der Waals surface area contributed by atoms with Gasteiger partial charge in [-0.05, 0) is 27.2 Å². The number of halogens is 1. The molecule has 1 N–H and O–H groups in total. The first-order valence-corrected chi connectivity index (χ1v) is 6.93. The minimum atomic E-state index is -0.484. The van der Waals surface area contributed by atoms with E-state index >= 15 is 0 Å². The number of amides is 1. The molecule has 7 heteroatoms. The Morgan fingerprint density at radius 3 is 2.90 bits per heavy atom. The summed E-state index contributed by atoms with van der Waals surface area (Å²) in [5.74, 6) is 0.776. The minimum Gasteiger partial charge on any atom is -0.444 e. The van der Waals surface area contributed by atoms with Gasteiger partial charge in [0.15, 0.2) is 0 Å². The lowest BCUT2D eigenvalue weighted by molar-refractivity contribution is 0.0509. The van der Waals surface area contributed by atoms with E-state index in [2.05, 4.69) is 20.2 Å². The Balaban J connectivity index is 1.88. The van der Waals surface area contributed by atoms with Gasteiger partial charge in [-0.2, -0.15) is 0 Å². The van der Waals surface area contributed by atoms with Crippen LogP contribution in [-0.4, -0.2) is 40.8 Å². The van der Waals surface area contributed by atoms with Gasteiger partial charge < -0.3 is 15.0 Å². The first kappa shape index (κ1) is 14.8. The summed E-state index contributed by atoms with van der Waals surface area (Å²) in [6, 6.07) is 1.77. The Labute approximate surface area is 123 Å². The third kappa shape index (κ3) is 4.23. The molecule has 0 unspecified atom stereocenters. The van der Waals surface area contributed by atoms with Crippen LogP contribution in [0.1, 0.15) is 27.2 Å². The highest BCUT2D eigenvalue weighted by atomic mass is 35.5. The standard InChI is InChI=1S/C13H19ClN4O2/c1-13(2,3)20-12(19)17-9-4-5-18(7-9)11-6-10(14)15-8-16-11/h6,8-9H,4-5,7H2,1-3H3,(H,17,19)/t9-/m0/s1. The summed E-state index contributed by atoms with van der Waals surface area (Å²) in [5, 5.41) is 3.29. The van der Waals surface area contributed by atoms with Crippen molar-refractivity contribution in [1.82, 2.24) is 15.3 Å². The second-order valence-corrected chi connectivity index (χ2v) is 6.16. The second kappa shape index (κ2) is 5.83. The van der Waals surface area contributed by atoms with Crippen molar-refractivity contribution in [2.45, 2.75) is 38.8 Å². The third-order valence-electron chi connectivity index (χ3n) is 2.85. The molecular weight excluding hydrogens is 280 g/mol. The summed E-state index contributed by atoms with van der Waals surface area (Å²) in [7, 11) is 0. The van der Waals surface area contributed by atoms with Crippen molar-refractivity contribution < 1.29 is 9.53 Å². The molecule has 6 nitrogen and oxygen atoms in total. The minimum absolute atomic E-state index is 0.0543. The molecule has 1 amide bonds. The van der Waals surface area contributed by atoms with E-state index < -0.39 is 5.60 Å². The zero-order valence-corrected chi connectivity index (χ0v) is 12.6. The summed E-state index contributed by atoms with van der Waals surface area (Å²) < 4.78 is 5.24. The first-order chi connectivity index (χ1) is 9.33. The van der Waals surface area contributed by atoms with Crippen molar-refractivity contribution in [2.24, 2.45) is 0 Å². The van der Waals surface area contributed by atoms with Crippen LogP contribution in [0.5, 0.6) is 0 Å². The lowest BCUT2D eigenvalue weighted by Gasteiger charge is -2.22. The number of rotatable bonds is 2. The maximum absolute atomic E-state index is 11.7. The van der Waals surface area contributed by atoms with Crippen LogP contribution in [0.15, 0.2) is 12.4 Å². The predicted molar refractivity (Wildman–Crippen MR) is 77.0 cm³/mol. The van der Waals surface area contributed by atoms with E-state index in [0.29, 0.717) is 11.7 Å². The number of carbonyl (C=O) groups excluding carboxylic acids is 1. The SMILES string of the molecule is CC(C)(C)OC(=O)N[C@H]1CCN(c2cc(Cl)ncn2)C1. The van der Waals surface area contributed by atoms with E-state index in [4.69, 9.17) is 16.3 Å². The average Bonchev–Trinajstić information content (AvgIpc) is 2.74. The third-order valence-corrected chi connectivity index (χ3v) is 3.06. The number of nitrogens with one attached hydrogen (secondary N) is 1. The molecule has 0 saturated carbocycles. The lowest BCUT2D eigenvalue weighted by Crippen LogP contribution is -2.40. The Morgan fingerprint density at radius 1 is 1.50 bits per heavy atom. The number of nitrogens with zero attached hydrogens (tertiary/aromatic N) is 3. The van der Waals surface area contributed by atoms with Crippen LogP contribution in [-0.2, 0) is 4.74 Å². The molecular formula is C13H19ClN4O2. The van der Waals surface area contributed by atoms with Gasteiger partial charge in [0.1, 0.15) is 22.9 Å². The zero-order valence-electron chi connectivity index (χ0n) is 11.9. The number of anilines is 1. The number of alkyl carbamates (subject to hydrolysis) is 1. The van der Waals surface area contributed by atoms with Crippen LogP contribution >= 0.6 is 11.6 Å². The highest BCUT2D eigenvalue weighted by Gasteiger charge is 2.26. The maximum atomic E-state index is 11.7. The van der Waals surface area contributed by atoms with Gasteiger partial charge in [-0.1, -0.05) is 11.6 Å². The molecule has 1 fully saturated rings. The predicted octanol–water partition coefficient (Wildman–Crippen LogP) is 2.23. The molecule has 110 valence electrons. The monoisotopic (exact) mass is 298 g/mol. The molecule has 0 aliphatic carbocycles. The van der Waals surface area contributed by atoms with Crippen LogP contribution in [0.4, 0.5) is 10.6 Å². The van der Waals surface area contributed by atoms with Crippen LogP contribution in [0, 0.1) is 0 Å². The van der Waals surface area contributed by atoms with Crippen LogP contribution < -0.4 is 10.2 Å². The molecule has 0 spiro atoms. The van der Waals surface area contributed by atoms with Gasteiger partial charge in [-0.3, -0.25) is 0 Å². The normalized spacial score (nSPS) is 19.0. The van der Waals surface area contributed by atoms with Crippen LogP contribution in [0.2, 0.25) is 5.15 Å². The van der Waals surface area contributed by atoms with Crippen molar-refractivity contribution in [1.29, 1.82) is 0 Å². The molecule has 1 saturated heterocycles. The van der Waals surface area contributed by atoms with E-state index in [1.54, 1.807) is 6.07 Å². The van der Waals surface area contributed by atoms with E-state index in [9.17, 15) is 4.79 Å². The molecule has 0 radical (unpaired) electrons. The molecule has 0 aromatic carbocycles. The summed E-state index contributed by atoms with van der Waals surface area (Å²) in [5.41, 5.74) is -0.484. The zero-order chi connectivity index (χ0) is 14.8. The van der Waals surface area contributed by atoms with Crippen LogP contribution in [0.3, 0.4) is 0 Å². The smallest absolute Gasteiger partial charge is 0.407 e. The molecule has 1 aliphatic rings.